The highest BCUT2D eigenvalue weighted by Crippen LogP contribution is 2.26. The molecule has 140 valence electrons. The quantitative estimate of drug-likeness (QED) is 0.543. The lowest BCUT2D eigenvalue weighted by Crippen LogP contribution is -2.38. The molecular weight excluding hydrogens is 359 g/mol. The van der Waals surface area contributed by atoms with E-state index in [2.05, 4.69) is 36.0 Å². The van der Waals surface area contributed by atoms with Crippen LogP contribution in [-0.2, 0) is 6.54 Å². The van der Waals surface area contributed by atoms with E-state index >= 15 is 0 Å². The molecule has 8 nitrogen and oxygen atoms in total. The molecule has 10 heteroatoms. The Bertz CT molecular complexity index is 870. The molecule has 0 unspecified atom stereocenters. The van der Waals surface area contributed by atoms with Crippen LogP contribution in [0.15, 0.2) is 18.6 Å². The average molecular weight is 381 g/mol. The fourth-order valence-corrected chi connectivity index (χ4v) is 3.05. The Labute approximate surface area is 156 Å². The van der Waals surface area contributed by atoms with Crippen molar-refractivity contribution in [3.63, 3.8) is 0 Å². The highest BCUT2D eigenvalue weighted by Gasteiger charge is 2.19. The summed E-state index contributed by atoms with van der Waals surface area (Å²) in [6.45, 7) is 4.65. The Kier molecular flexibility index (Phi) is 5.58. The van der Waals surface area contributed by atoms with E-state index in [-0.39, 0.29) is 24.3 Å². The number of piperidine rings is 1. The first kappa shape index (κ1) is 18.4. The summed E-state index contributed by atoms with van der Waals surface area (Å²) in [5.41, 5.74) is 1.25. The Morgan fingerprint density at radius 2 is 2.27 bits per heavy atom. The van der Waals surface area contributed by atoms with Crippen molar-refractivity contribution in [2.75, 3.05) is 23.7 Å². The summed E-state index contributed by atoms with van der Waals surface area (Å²) in [7, 11) is 0. The first-order chi connectivity index (χ1) is 12.2. The summed E-state index contributed by atoms with van der Waals surface area (Å²) >= 11 is 0. The van der Waals surface area contributed by atoms with Crippen molar-refractivity contribution in [2.45, 2.75) is 32.4 Å². The zero-order chi connectivity index (χ0) is 17.2. The zero-order valence-electron chi connectivity index (χ0n) is 14.4. The number of nitrogens with zero attached hydrogens (tertiary/aromatic N) is 4. The second kappa shape index (κ2) is 7.88. The van der Waals surface area contributed by atoms with Gasteiger partial charge in [-0.1, -0.05) is 0 Å². The maximum absolute atomic E-state index is 14.2. The second-order valence-electron chi connectivity index (χ2n) is 6.15. The molecule has 0 aliphatic carbocycles. The minimum Gasteiger partial charge on any atom is -0.365 e. The number of H-pyrrole nitrogens is 1. The van der Waals surface area contributed by atoms with Gasteiger partial charge in [0.05, 0.1) is 17.3 Å². The van der Waals surface area contributed by atoms with Gasteiger partial charge in [0.25, 0.3) is 0 Å². The third-order valence-corrected chi connectivity index (χ3v) is 4.33. The number of hydrogen-bond donors (Lipinski definition) is 4. The predicted octanol–water partition coefficient (Wildman–Crippen LogP) is 2.64. The molecule has 4 N–H and O–H groups in total. The lowest BCUT2D eigenvalue weighted by Gasteiger charge is -2.24. The predicted molar refractivity (Wildman–Crippen MR) is 102 cm³/mol. The summed E-state index contributed by atoms with van der Waals surface area (Å²) in [5, 5.41) is 14.4. The van der Waals surface area contributed by atoms with Gasteiger partial charge in [0, 0.05) is 31.5 Å². The van der Waals surface area contributed by atoms with Crippen LogP contribution >= 0.6 is 12.4 Å². The molecule has 0 amide bonds. The lowest BCUT2D eigenvalue weighted by atomic mass is 10.1. The van der Waals surface area contributed by atoms with E-state index in [9.17, 15) is 4.39 Å². The van der Waals surface area contributed by atoms with Gasteiger partial charge in [-0.05, 0) is 26.3 Å². The minimum atomic E-state index is -0.355. The summed E-state index contributed by atoms with van der Waals surface area (Å²) in [6, 6.07) is 0.219. The number of nitrogens with one attached hydrogen (secondary N) is 4. The third kappa shape index (κ3) is 3.73. The van der Waals surface area contributed by atoms with Gasteiger partial charge in [0.1, 0.15) is 11.5 Å². The first-order valence-electron chi connectivity index (χ1n) is 8.54. The Morgan fingerprint density at radius 1 is 1.38 bits per heavy atom. The van der Waals surface area contributed by atoms with Gasteiger partial charge in [-0.25, -0.2) is 4.39 Å². The van der Waals surface area contributed by atoms with E-state index in [1.54, 1.807) is 6.20 Å². The number of fused-ring (bicyclic) bond motifs is 1. The SMILES string of the molecule is CCn1cc(Nc2nc(N[C@@H]3CCCNC3)c3c(F)c[nH]c3n2)cn1.Cl. The first-order valence-corrected chi connectivity index (χ1v) is 8.54. The van der Waals surface area contributed by atoms with E-state index < -0.39 is 0 Å². The monoisotopic (exact) mass is 380 g/mol. The van der Waals surface area contributed by atoms with Crippen LogP contribution in [0.2, 0.25) is 0 Å². The Hall–Kier alpha value is -2.39. The molecule has 3 aromatic rings. The number of halogens is 2. The van der Waals surface area contributed by atoms with Crippen molar-refractivity contribution in [1.82, 2.24) is 30.0 Å². The van der Waals surface area contributed by atoms with Crippen molar-refractivity contribution in [3.8, 4) is 0 Å². The standard InChI is InChI=1S/C16H21FN8.ClH/c1-2-25-9-11(7-20-25)22-16-23-14-13(12(17)8-19-14)15(24-16)21-10-4-3-5-18-6-10;/h7-10,18H,2-6H2,1H3,(H3,19,21,22,23,24);1H/t10-;/m1./s1. The molecule has 0 bridgehead atoms. The second-order valence-corrected chi connectivity index (χ2v) is 6.15. The van der Waals surface area contributed by atoms with Crippen molar-refractivity contribution < 1.29 is 4.39 Å². The molecule has 0 radical (unpaired) electrons. The fourth-order valence-electron chi connectivity index (χ4n) is 3.05. The number of anilines is 3. The van der Waals surface area contributed by atoms with Gasteiger partial charge >= 0.3 is 0 Å². The normalized spacial score (nSPS) is 17.1. The molecular formula is C16H22ClFN8. The van der Waals surface area contributed by atoms with Crippen molar-refractivity contribution in [1.29, 1.82) is 0 Å². The lowest BCUT2D eigenvalue weighted by molar-refractivity contribution is 0.479. The van der Waals surface area contributed by atoms with Crippen LogP contribution in [0, 0.1) is 5.82 Å². The van der Waals surface area contributed by atoms with Gasteiger partial charge in [0.2, 0.25) is 5.95 Å². The fraction of sp³-hybridized carbons (Fsp3) is 0.438. The molecule has 1 aliphatic heterocycles. The molecule has 0 spiro atoms. The van der Waals surface area contributed by atoms with E-state index in [0.29, 0.717) is 22.8 Å². The topological polar surface area (TPSA) is 95.5 Å². The van der Waals surface area contributed by atoms with Gasteiger partial charge in [-0.3, -0.25) is 4.68 Å². The van der Waals surface area contributed by atoms with Crippen LogP contribution in [0.25, 0.3) is 11.0 Å². The number of aryl methyl sites for hydroxylation is 1. The van der Waals surface area contributed by atoms with Crippen LogP contribution in [0.1, 0.15) is 19.8 Å². The average Bonchev–Trinajstić information content (AvgIpc) is 3.23. The molecule has 26 heavy (non-hydrogen) atoms. The molecule has 1 saturated heterocycles. The van der Waals surface area contributed by atoms with Crippen LogP contribution in [0.4, 0.5) is 21.8 Å². The number of hydrogen-bond acceptors (Lipinski definition) is 6. The smallest absolute Gasteiger partial charge is 0.231 e. The van der Waals surface area contributed by atoms with Crippen LogP contribution in [0.3, 0.4) is 0 Å². The largest absolute Gasteiger partial charge is 0.365 e. The van der Waals surface area contributed by atoms with Gasteiger partial charge < -0.3 is 20.9 Å². The van der Waals surface area contributed by atoms with Gasteiger partial charge in [-0.15, -0.1) is 12.4 Å². The van der Waals surface area contributed by atoms with Crippen molar-refractivity contribution >= 4 is 40.9 Å². The molecule has 4 rings (SSSR count). The van der Waals surface area contributed by atoms with Gasteiger partial charge in [-0.2, -0.15) is 15.1 Å². The number of aromatic nitrogens is 5. The molecule has 1 fully saturated rings. The Morgan fingerprint density at radius 3 is 3.00 bits per heavy atom. The van der Waals surface area contributed by atoms with E-state index in [0.717, 1.165) is 38.2 Å². The molecule has 1 atom stereocenters. The zero-order valence-corrected chi connectivity index (χ0v) is 15.2. The summed E-state index contributed by atoms with van der Waals surface area (Å²) in [4.78, 5) is 11.7. The van der Waals surface area contributed by atoms with E-state index in [4.69, 9.17) is 0 Å². The molecule has 4 heterocycles. The molecule has 1 aliphatic rings. The van der Waals surface area contributed by atoms with Crippen molar-refractivity contribution in [3.05, 3.63) is 24.4 Å². The summed E-state index contributed by atoms with van der Waals surface area (Å²) in [6.07, 6.45) is 7.01. The van der Waals surface area contributed by atoms with E-state index in [1.165, 1.54) is 6.20 Å². The molecule has 0 saturated carbocycles. The molecule has 0 aromatic carbocycles. The van der Waals surface area contributed by atoms with Crippen LogP contribution in [0.5, 0.6) is 0 Å². The van der Waals surface area contributed by atoms with Crippen molar-refractivity contribution in [2.24, 2.45) is 0 Å². The summed E-state index contributed by atoms with van der Waals surface area (Å²) < 4.78 is 16.0. The highest BCUT2D eigenvalue weighted by atomic mass is 35.5. The van der Waals surface area contributed by atoms with Gasteiger partial charge in [0.15, 0.2) is 5.82 Å². The number of rotatable bonds is 5. The van der Waals surface area contributed by atoms with Crippen LogP contribution in [-0.4, -0.2) is 43.9 Å². The van der Waals surface area contributed by atoms with E-state index in [1.807, 2.05) is 17.8 Å². The maximum Gasteiger partial charge on any atom is 0.231 e. The molecule has 3 aromatic heterocycles. The Balaban J connectivity index is 0.00000196. The maximum atomic E-state index is 14.2. The minimum absolute atomic E-state index is 0. The highest BCUT2D eigenvalue weighted by molar-refractivity contribution is 5.89. The third-order valence-electron chi connectivity index (χ3n) is 4.33. The van der Waals surface area contributed by atoms with Crippen LogP contribution < -0.4 is 16.0 Å². The number of aromatic amines is 1. The summed E-state index contributed by atoms with van der Waals surface area (Å²) in [5.74, 6) is 0.547.